The Bertz CT molecular complexity index is 990. The van der Waals surface area contributed by atoms with Gasteiger partial charge in [0.15, 0.2) is 23.0 Å². The first-order valence-corrected chi connectivity index (χ1v) is 8.33. The highest BCUT2D eigenvalue weighted by molar-refractivity contribution is 5.95. The predicted molar refractivity (Wildman–Crippen MR) is 94.5 cm³/mol. The van der Waals surface area contributed by atoms with Crippen LogP contribution < -0.4 is 9.47 Å². The molecule has 0 aromatic heterocycles. The molecule has 2 aliphatic rings. The largest absolute Gasteiger partial charge is 0.504 e. The molecule has 7 nitrogen and oxygen atoms in total. The molecule has 0 amide bonds. The summed E-state index contributed by atoms with van der Waals surface area (Å²) in [6.45, 7) is 0.203. The van der Waals surface area contributed by atoms with Gasteiger partial charge in [-0.3, -0.25) is 0 Å². The van der Waals surface area contributed by atoms with E-state index in [-0.39, 0.29) is 29.6 Å². The number of carbonyl (C=O) groups is 1. The number of phenols is 3. The van der Waals surface area contributed by atoms with Crippen LogP contribution in [-0.4, -0.2) is 42.1 Å². The number of ether oxygens (including phenoxy) is 3. The summed E-state index contributed by atoms with van der Waals surface area (Å²) in [4.78, 5) is 12.4. The number of hydrogen-bond donors (Lipinski definition) is 3. The number of benzene rings is 2. The number of esters is 1. The minimum atomic E-state index is -0.573. The Hall–Kier alpha value is -3.35. The molecule has 7 heteroatoms. The van der Waals surface area contributed by atoms with Crippen molar-refractivity contribution in [3.8, 4) is 28.7 Å². The maximum Gasteiger partial charge on any atom is 0.335 e. The monoisotopic (exact) mass is 370 g/mol. The van der Waals surface area contributed by atoms with Crippen molar-refractivity contribution >= 4 is 5.97 Å². The van der Waals surface area contributed by atoms with E-state index in [4.69, 9.17) is 14.2 Å². The Balaban J connectivity index is 1.97. The highest BCUT2D eigenvalue weighted by atomic mass is 16.5. The molecule has 2 aromatic carbocycles. The van der Waals surface area contributed by atoms with Gasteiger partial charge in [-0.1, -0.05) is 0 Å². The number of methoxy groups -OCH3 is 2. The van der Waals surface area contributed by atoms with Gasteiger partial charge in [-0.25, -0.2) is 4.79 Å². The van der Waals surface area contributed by atoms with E-state index in [2.05, 4.69) is 0 Å². The van der Waals surface area contributed by atoms with E-state index >= 15 is 0 Å². The van der Waals surface area contributed by atoms with Gasteiger partial charge in [0, 0.05) is 5.92 Å². The maximum absolute atomic E-state index is 12.4. The molecule has 140 valence electrons. The first kappa shape index (κ1) is 17.1. The van der Waals surface area contributed by atoms with Crippen molar-refractivity contribution in [3.05, 3.63) is 52.1 Å². The van der Waals surface area contributed by atoms with Crippen molar-refractivity contribution in [1.82, 2.24) is 0 Å². The van der Waals surface area contributed by atoms with Crippen molar-refractivity contribution in [3.63, 3.8) is 0 Å². The molecule has 1 unspecified atom stereocenters. The zero-order valence-corrected chi connectivity index (χ0v) is 14.8. The molecule has 0 radical (unpaired) electrons. The summed E-state index contributed by atoms with van der Waals surface area (Å²) in [6, 6.07) is 6.24. The van der Waals surface area contributed by atoms with Crippen LogP contribution in [0.2, 0.25) is 0 Å². The predicted octanol–water partition coefficient (Wildman–Crippen LogP) is 2.36. The number of rotatable bonds is 3. The zero-order valence-electron chi connectivity index (χ0n) is 14.8. The molecule has 1 aliphatic carbocycles. The number of phenolic OH excluding ortho intramolecular Hbond substituents is 3. The van der Waals surface area contributed by atoms with Crippen molar-refractivity contribution in [2.45, 2.75) is 12.3 Å². The van der Waals surface area contributed by atoms with Gasteiger partial charge in [-0.2, -0.15) is 0 Å². The van der Waals surface area contributed by atoms with Crippen LogP contribution in [-0.2, 0) is 16.0 Å². The van der Waals surface area contributed by atoms with Gasteiger partial charge in [0.2, 0.25) is 5.75 Å². The molecule has 1 atom stereocenters. The molecule has 1 aliphatic heterocycles. The Morgan fingerprint density at radius 3 is 2.44 bits per heavy atom. The van der Waals surface area contributed by atoms with Crippen molar-refractivity contribution in [2.24, 2.45) is 0 Å². The average Bonchev–Trinajstić information content (AvgIpc) is 3.02. The second-order valence-electron chi connectivity index (χ2n) is 6.52. The van der Waals surface area contributed by atoms with Crippen molar-refractivity contribution in [2.75, 3.05) is 20.8 Å². The van der Waals surface area contributed by atoms with Gasteiger partial charge in [0.05, 0.1) is 19.8 Å². The molecule has 27 heavy (non-hydrogen) atoms. The van der Waals surface area contributed by atoms with Crippen LogP contribution in [0.5, 0.6) is 28.7 Å². The fraction of sp³-hybridized carbons (Fsp3) is 0.250. The molecule has 0 bridgehead atoms. The van der Waals surface area contributed by atoms with Gasteiger partial charge in [-0.05, 0) is 52.9 Å². The second-order valence-corrected chi connectivity index (χ2v) is 6.52. The van der Waals surface area contributed by atoms with Crippen LogP contribution in [0.1, 0.15) is 22.6 Å². The van der Waals surface area contributed by atoms with Gasteiger partial charge in [0.25, 0.3) is 0 Å². The van der Waals surface area contributed by atoms with Crippen LogP contribution in [0.25, 0.3) is 0 Å². The molecular weight excluding hydrogens is 352 g/mol. The third kappa shape index (κ3) is 2.54. The summed E-state index contributed by atoms with van der Waals surface area (Å²) in [7, 11) is 2.84. The third-order valence-corrected chi connectivity index (χ3v) is 5.05. The van der Waals surface area contributed by atoms with Crippen molar-refractivity contribution in [1.29, 1.82) is 0 Å². The SMILES string of the molecule is COc1cc2c(cc1O)C(c1cc(O)c(O)c(OC)c1)C1=C(COC1=O)C2. The lowest BCUT2D eigenvalue weighted by Crippen LogP contribution is -2.18. The van der Waals surface area contributed by atoms with E-state index in [1.807, 2.05) is 0 Å². The van der Waals surface area contributed by atoms with Crippen LogP contribution in [0, 0.1) is 0 Å². The summed E-state index contributed by atoms with van der Waals surface area (Å²) in [5, 5.41) is 30.3. The summed E-state index contributed by atoms with van der Waals surface area (Å²) in [6.07, 6.45) is 0.505. The summed E-state index contributed by atoms with van der Waals surface area (Å²) in [5.41, 5.74) is 3.46. The van der Waals surface area contributed by atoms with Crippen LogP contribution in [0.4, 0.5) is 0 Å². The topological polar surface area (TPSA) is 105 Å². The third-order valence-electron chi connectivity index (χ3n) is 5.05. The molecule has 0 spiro atoms. The van der Waals surface area contributed by atoms with E-state index in [9.17, 15) is 20.1 Å². The van der Waals surface area contributed by atoms with Crippen LogP contribution in [0.3, 0.4) is 0 Å². The molecular formula is C20H18O7. The lowest BCUT2D eigenvalue weighted by molar-refractivity contribution is -0.136. The highest BCUT2D eigenvalue weighted by Crippen LogP contribution is 2.49. The average molecular weight is 370 g/mol. The first-order chi connectivity index (χ1) is 12.9. The zero-order chi connectivity index (χ0) is 19.3. The molecule has 3 N–H and O–H groups in total. The first-order valence-electron chi connectivity index (χ1n) is 8.33. The Morgan fingerprint density at radius 1 is 1.00 bits per heavy atom. The second kappa shape index (κ2) is 6.12. The number of carbonyl (C=O) groups excluding carboxylic acids is 1. The standard InChI is InChI=1S/C20H18O7/c1-25-15-5-9-3-11-8-27-20(24)18(11)17(12(9)7-13(15)21)10-4-14(22)19(23)16(6-10)26-2/h4-7,17,21-23H,3,8H2,1-2H3. The molecule has 2 aromatic rings. The molecule has 4 rings (SSSR count). The molecule has 0 saturated carbocycles. The number of cyclic esters (lactones) is 1. The van der Waals surface area contributed by atoms with Gasteiger partial charge in [-0.15, -0.1) is 0 Å². The summed E-state index contributed by atoms with van der Waals surface area (Å²) < 4.78 is 15.6. The molecule has 0 saturated heterocycles. The fourth-order valence-electron chi connectivity index (χ4n) is 3.80. The number of fused-ring (bicyclic) bond motifs is 1. The Kier molecular flexibility index (Phi) is 3.87. The van der Waals surface area contributed by atoms with E-state index in [1.54, 1.807) is 18.2 Å². The maximum atomic E-state index is 12.4. The van der Waals surface area contributed by atoms with E-state index < -0.39 is 11.9 Å². The minimum absolute atomic E-state index is 0.0494. The Morgan fingerprint density at radius 2 is 1.74 bits per heavy atom. The minimum Gasteiger partial charge on any atom is -0.504 e. The van der Waals surface area contributed by atoms with Gasteiger partial charge < -0.3 is 29.5 Å². The van der Waals surface area contributed by atoms with Crippen LogP contribution >= 0.6 is 0 Å². The lowest BCUT2D eigenvalue weighted by Gasteiger charge is -2.27. The Labute approximate surface area is 155 Å². The summed E-state index contributed by atoms with van der Waals surface area (Å²) in [5.74, 6) is -1.36. The van der Waals surface area contributed by atoms with Crippen LogP contribution in [0.15, 0.2) is 35.4 Å². The molecule has 0 fully saturated rings. The highest BCUT2D eigenvalue weighted by Gasteiger charge is 2.39. The smallest absolute Gasteiger partial charge is 0.335 e. The van der Waals surface area contributed by atoms with E-state index in [0.717, 1.165) is 11.1 Å². The normalized spacial score (nSPS) is 18.0. The van der Waals surface area contributed by atoms with Crippen molar-refractivity contribution < 1.29 is 34.3 Å². The molecule has 1 heterocycles. The van der Waals surface area contributed by atoms with Gasteiger partial charge >= 0.3 is 5.97 Å². The van der Waals surface area contributed by atoms with E-state index in [1.165, 1.54) is 20.3 Å². The number of aromatic hydroxyl groups is 3. The van der Waals surface area contributed by atoms with E-state index in [0.29, 0.717) is 28.9 Å². The number of hydrogen-bond acceptors (Lipinski definition) is 7. The summed E-state index contributed by atoms with van der Waals surface area (Å²) >= 11 is 0. The fourth-order valence-corrected chi connectivity index (χ4v) is 3.80. The quantitative estimate of drug-likeness (QED) is 0.563. The lowest BCUT2D eigenvalue weighted by atomic mass is 9.75. The van der Waals surface area contributed by atoms with Gasteiger partial charge in [0.1, 0.15) is 6.61 Å².